The van der Waals surface area contributed by atoms with Crippen molar-refractivity contribution in [2.75, 3.05) is 7.05 Å². The summed E-state index contributed by atoms with van der Waals surface area (Å²) in [5.74, 6) is 0. The minimum Gasteiger partial charge on any atom is -0.309 e. The van der Waals surface area contributed by atoms with Gasteiger partial charge in [0.1, 0.15) is 0 Å². The zero-order chi connectivity index (χ0) is 14.0. The molecule has 2 rings (SSSR count). The first-order valence-electron chi connectivity index (χ1n) is 5.91. The number of nitrogens with one attached hydrogen (secondary N) is 1. The molecule has 2 aromatic rings. The summed E-state index contributed by atoms with van der Waals surface area (Å²) >= 11 is 10.7. The smallest absolute Gasteiger partial charge is 0.0585 e. The molecule has 0 bridgehead atoms. The first-order chi connectivity index (χ1) is 9.02. The zero-order valence-electron chi connectivity index (χ0n) is 10.7. The van der Waals surface area contributed by atoms with Crippen LogP contribution in [0.15, 0.2) is 49.8 Å². The Morgan fingerprint density at radius 3 is 2.16 bits per heavy atom. The Hall–Kier alpha value is -0.160. The monoisotopic (exact) mass is 445 g/mol. The van der Waals surface area contributed by atoms with Crippen LogP contribution in [0, 0.1) is 6.92 Å². The third-order valence-corrected chi connectivity index (χ3v) is 5.15. The highest BCUT2D eigenvalue weighted by molar-refractivity contribution is 9.11. The molecule has 0 spiro atoms. The van der Waals surface area contributed by atoms with Gasteiger partial charge in [-0.25, -0.2) is 0 Å². The largest absolute Gasteiger partial charge is 0.309 e. The topological polar surface area (TPSA) is 12.0 Å². The van der Waals surface area contributed by atoms with Gasteiger partial charge in [0.25, 0.3) is 0 Å². The predicted octanol–water partition coefficient (Wildman–Crippen LogP) is 5.59. The summed E-state index contributed by atoms with van der Waals surface area (Å²) in [6.07, 6.45) is 0. The summed E-state index contributed by atoms with van der Waals surface area (Å²) in [5.41, 5.74) is 3.69. The molecule has 19 heavy (non-hydrogen) atoms. The van der Waals surface area contributed by atoms with E-state index >= 15 is 0 Å². The van der Waals surface area contributed by atoms with Gasteiger partial charge < -0.3 is 5.32 Å². The van der Waals surface area contributed by atoms with E-state index < -0.39 is 0 Å². The van der Waals surface area contributed by atoms with Crippen molar-refractivity contribution in [2.45, 2.75) is 13.0 Å². The third kappa shape index (κ3) is 3.48. The lowest BCUT2D eigenvalue weighted by Gasteiger charge is -2.20. The van der Waals surface area contributed by atoms with Crippen LogP contribution in [0.4, 0.5) is 0 Å². The van der Waals surface area contributed by atoms with Crippen molar-refractivity contribution < 1.29 is 0 Å². The van der Waals surface area contributed by atoms with E-state index in [9.17, 15) is 0 Å². The van der Waals surface area contributed by atoms with E-state index in [1.807, 2.05) is 7.05 Å². The SMILES string of the molecule is CNC(c1ccc(Br)cc1)c1cc(Br)c(C)cc1Br. The lowest BCUT2D eigenvalue weighted by atomic mass is 9.98. The summed E-state index contributed by atoms with van der Waals surface area (Å²) in [6, 6.07) is 12.9. The molecule has 0 saturated heterocycles. The van der Waals surface area contributed by atoms with Crippen LogP contribution >= 0.6 is 47.8 Å². The quantitative estimate of drug-likeness (QED) is 0.646. The molecule has 0 aliphatic rings. The van der Waals surface area contributed by atoms with Crippen molar-refractivity contribution in [3.8, 4) is 0 Å². The first kappa shape index (κ1) is 15.2. The lowest BCUT2D eigenvalue weighted by molar-refractivity contribution is 0.688. The number of benzene rings is 2. The van der Waals surface area contributed by atoms with Gasteiger partial charge in [-0.05, 0) is 54.9 Å². The molecule has 1 unspecified atom stereocenters. The minimum atomic E-state index is 0.166. The third-order valence-electron chi connectivity index (χ3n) is 3.08. The van der Waals surface area contributed by atoms with Gasteiger partial charge >= 0.3 is 0 Å². The van der Waals surface area contributed by atoms with Crippen LogP contribution in [0.5, 0.6) is 0 Å². The van der Waals surface area contributed by atoms with Gasteiger partial charge in [-0.2, -0.15) is 0 Å². The van der Waals surface area contributed by atoms with Crippen molar-refractivity contribution in [1.29, 1.82) is 0 Å². The van der Waals surface area contributed by atoms with E-state index in [1.54, 1.807) is 0 Å². The summed E-state index contributed by atoms with van der Waals surface area (Å²) in [4.78, 5) is 0. The van der Waals surface area contributed by atoms with Crippen LogP contribution in [-0.2, 0) is 0 Å². The Morgan fingerprint density at radius 1 is 0.947 bits per heavy atom. The van der Waals surface area contributed by atoms with Crippen molar-refractivity contribution in [1.82, 2.24) is 5.32 Å². The van der Waals surface area contributed by atoms with Crippen LogP contribution in [0.3, 0.4) is 0 Å². The summed E-state index contributed by atoms with van der Waals surface area (Å²) in [7, 11) is 1.98. The van der Waals surface area contributed by atoms with E-state index in [1.165, 1.54) is 16.7 Å². The normalized spacial score (nSPS) is 12.5. The molecule has 0 saturated carbocycles. The second-order valence-corrected chi connectivity index (χ2v) is 7.02. The van der Waals surface area contributed by atoms with E-state index in [4.69, 9.17) is 0 Å². The molecule has 2 aromatic carbocycles. The Bertz CT molecular complexity index is 579. The fourth-order valence-electron chi connectivity index (χ4n) is 2.04. The number of hydrogen-bond acceptors (Lipinski definition) is 1. The molecule has 0 aliphatic heterocycles. The maximum atomic E-state index is 3.66. The molecule has 0 aromatic heterocycles. The Balaban J connectivity index is 2.47. The zero-order valence-corrected chi connectivity index (χ0v) is 15.4. The standard InChI is InChI=1S/C15H14Br3N/c1-9-7-14(18)12(8-13(9)17)15(19-2)10-3-5-11(16)6-4-10/h3-8,15,19H,1-2H3. The second-order valence-electron chi connectivity index (χ2n) is 4.40. The van der Waals surface area contributed by atoms with Gasteiger partial charge in [-0.3, -0.25) is 0 Å². The van der Waals surface area contributed by atoms with Crippen LogP contribution in [0.1, 0.15) is 22.7 Å². The van der Waals surface area contributed by atoms with Crippen LogP contribution in [0.25, 0.3) is 0 Å². The first-order valence-corrected chi connectivity index (χ1v) is 8.29. The van der Waals surface area contributed by atoms with E-state index in [2.05, 4.69) is 96.4 Å². The Kier molecular flexibility index (Phi) is 5.23. The van der Waals surface area contributed by atoms with E-state index in [0.29, 0.717) is 0 Å². The van der Waals surface area contributed by atoms with Crippen LogP contribution in [0.2, 0.25) is 0 Å². The number of halogens is 3. The fourth-order valence-corrected chi connectivity index (χ4v) is 3.35. The molecule has 1 nitrogen and oxygen atoms in total. The van der Waals surface area contributed by atoms with Gasteiger partial charge in [0, 0.05) is 13.4 Å². The highest BCUT2D eigenvalue weighted by Crippen LogP contribution is 2.33. The maximum absolute atomic E-state index is 3.66. The van der Waals surface area contributed by atoms with E-state index in [0.717, 1.165) is 13.4 Å². The lowest BCUT2D eigenvalue weighted by Crippen LogP contribution is -2.18. The van der Waals surface area contributed by atoms with Crippen LogP contribution < -0.4 is 5.32 Å². The van der Waals surface area contributed by atoms with Crippen LogP contribution in [-0.4, -0.2) is 7.05 Å². The highest BCUT2D eigenvalue weighted by atomic mass is 79.9. The van der Waals surface area contributed by atoms with Gasteiger partial charge in [0.2, 0.25) is 0 Å². The summed E-state index contributed by atoms with van der Waals surface area (Å²) in [5, 5.41) is 3.38. The van der Waals surface area contributed by atoms with Gasteiger partial charge in [-0.15, -0.1) is 0 Å². The summed E-state index contributed by atoms with van der Waals surface area (Å²) < 4.78 is 3.34. The predicted molar refractivity (Wildman–Crippen MR) is 91.6 cm³/mol. The number of aryl methyl sites for hydroxylation is 1. The van der Waals surface area contributed by atoms with Crippen molar-refractivity contribution >= 4 is 47.8 Å². The molecule has 0 fully saturated rings. The van der Waals surface area contributed by atoms with Crippen molar-refractivity contribution in [3.05, 3.63) is 66.5 Å². The van der Waals surface area contributed by atoms with Gasteiger partial charge in [-0.1, -0.05) is 59.9 Å². The molecule has 1 atom stereocenters. The van der Waals surface area contributed by atoms with Crippen molar-refractivity contribution in [3.63, 3.8) is 0 Å². The molecule has 0 heterocycles. The summed E-state index contributed by atoms with van der Waals surface area (Å²) in [6.45, 7) is 2.09. The minimum absolute atomic E-state index is 0.166. The maximum Gasteiger partial charge on any atom is 0.0585 e. The second kappa shape index (κ2) is 6.53. The Labute approximate surface area is 139 Å². The molecule has 0 radical (unpaired) electrons. The molecule has 1 N–H and O–H groups in total. The van der Waals surface area contributed by atoms with Crippen molar-refractivity contribution in [2.24, 2.45) is 0 Å². The fraction of sp³-hybridized carbons (Fsp3) is 0.200. The average Bonchev–Trinajstić information content (AvgIpc) is 2.38. The molecular weight excluding hydrogens is 434 g/mol. The molecular formula is C15H14Br3N. The molecule has 0 amide bonds. The van der Waals surface area contributed by atoms with E-state index in [-0.39, 0.29) is 6.04 Å². The molecule has 4 heteroatoms. The molecule has 0 aliphatic carbocycles. The molecule has 100 valence electrons. The number of hydrogen-bond donors (Lipinski definition) is 1. The Morgan fingerprint density at radius 2 is 1.58 bits per heavy atom. The highest BCUT2D eigenvalue weighted by Gasteiger charge is 2.16. The number of rotatable bonds is 3. The van der Waals surface area contributed by atoms with Gasteiger partial charge in [0.05, 0.1) is 6.04 Å². The average molecular weight is 448 g/mol. The van der Waals surface area contributed by atoms with Gasteiger partial charge in [0.15, 0.2) is 0 Å².